The van der Waals surface area contributed by atoms with Gasteiger partial charge in [0.15, 0.2) is 5.66 Å². The second-order valence-electron chi connectivity index (χ2n) is 7.72. The highest BCUT2D eigenvalue weighted by Crippen LogP contribution is 2.43. The lowest BCUT2D eigenvalue weighted by molar-refractivity contribution is -0.135. The number of amides is 1. The Morgan fingerprint density at radius 1 is 1.04 bits per heavy atom. The molecular weight excluding hydrogens is 286 g/mol. The molecule has 0 atom stereocenters. The Hall–Kier alpha value is -1.37. The SMILES string of the molecule is C#CCCC1(CCC(=O)N2CCCC3(CCCCCC3)C2)N=N1. The number of terminal acetylenes is 1. The summed E-state index contributed by atoms with van der Waals surface area (Å²) in [5.74, 6) is 2.94. The number of carbonyl (C=O) groups excluding carboxylic acids is 1. The number of rotatable bonds is 5. The van der Waals surface area contributed by atoms with Crippen molar-refractivity contribution in [1.82, 2.24) is 4.90 Å². The van der Waals surface area contributed by atoms with E-state index in [1.807, 2.05) is 0 Å². The van der Waals surface area contributed by atoms with E-state index in [0.717, 1.165) is 25.9 Å². The molecule has 3 aliphatic rings. The molecule has 23 heavy (non-hydrogen) atoms. The Morgan fingerprint density at radius 3 is 2.39 bits per heavy atom. The van der Waals surface area contributed by atoms with Gasteiger partial charge in [0.05, 0.1) is 0 Å². The molecule has 1 amide bonds. The van der Waals surface area contributed by atoms with Crippen molar-refractivity contribution in [2.24, 2.45) is 15.6 Å². The van der Waals surface area contributed by atoms with Gasteiger partial charge in [-0.3, -0.25) is 4.79 Å². The molecule has 0 bridgehead atoms. The zero-order valence-corrected chi connectivity index (χ0v) is 14.2. The standard InChI is InChI=1S/C19H29N3O/c1-2-3-13-19(20-21-19)14-9-17(23)22-15-8-12-18(16-22)10-6-4-5-7-11-18/h1H,3-16H2. The Bertz CT molecular complexity index is 491. The van der Waals surface area contributed by atoms with Gasteiger partial charge < -0.3 is 4.90 Å². The van der Waals surface area contributed by atoms with E-state index in [4.69, 9.17) is 6.42 Å². The fourth-order valence-corrected chi connectivity index (χ4v) is 4.44. The average molecular weight is 315 g/mol. The van der Waals surface area contributed by atoms with Crippen LogP contribution in [0.2, 0.25) is 0 Å². The number of hydrogen-bond acceptors (Lipinski definition) is 3. The van der Waals surface area contributed by atoms with Crippen molar-refractivity contribution in [3.63, 3.8) is 0 Å². The minimum atomic E-state index is -0.322. The van der Waals surface area contributed by atoms with Crippen LogP contribution in [0.3, 0.4) is 0 Å². The molecule has 0 aromatic heterocycles. The van der Waals surface area contributed by atoms with Crippen LogP contribution >= 0.6 is 0 Å². The summed E-state index contributed by atoms with van der Waals surface area (Å²) in [4.78, 5) is 14.8. The van der Waals surface area contributed by atoms with Crippen LogP contribution in [0, 0.1) is 17.8 Å². The van der Waals surface area contributed by atoms with E-state index in [0.29, 0.717) is 24.2 Å². The minimum absolute atomic E-state index is 0.297. The van der Waals surface area contributed by atoms with Gasteiger partial charge >= 0.3 is 0 Å². The van der Waals surface area contributed by atoms with Crippen molar-refractivity contribution in [3.05, 3.63) is 0 Å². The number of carbonyl (C=O) groups is 1. The smallest absolute Gasteiger partial charge is 0.222 e. The predicted octanol–water partition coefficient (Wildman–Crippen LogP) is 4.31. The molecule has 2 heterocycles. The van der Waals surface area contributed by atoms with E-state index in [1.165, 1.54) is 51.4 Å². The van der Waals surface area contributed by atoms with Crippen molar-refractivity contribution in [3.8, 4) is 12.3 Å². The Labute approximate surface area is 140 Å². The zero-order valence-electron chi connectivity index (χ0n) is 14.2. The Morgan fingerprint density at radius 2 is 1.74 bits per heavy atom. The highest BCUT2D eigenvalue weighted by molar-refractivity contribution is 5.76. The van der Waals surface area contributed by atoms with Crippen molar-refractivity contribution >= 4 is 5.91 Å². The van der Waals surface area contributed by atoms with Crippen molar-refractivity contribution in [2.45, 2.75) is 82.7 Å². The second-order valence-corrected chi connectivity index (χ2v) is 7.72. The first-order chi connectivity index (χ1) is 11.2. The molecule has 2 aliphatic heterocycles. The van der Waals surface area contributed by atoms with E-state index in [9.17, 15) is 4.79 Å². The molecule has 3 rings (SSSR count). The third kappa shape index (κ3) is 4.13. The topological polar surface area (TPSA) is 45.0 Å². The highest BCUT2D eigenvalue weighted by Gasteiger charge is 2.41. The van der Waals surface area contributed by atoms with Crippen LogP contribution in [0.1, 0.15) is 77.0 Å². The highest BCUT2D eigenvalue weighted by atomic mass is 16.2. The summed E-state index contributed by atoms with van der Waals surface area (Å²) in [6.45, 7) is 1.92. The van der Waals surface area contributed by atoms with Crippen LogP contribution < -0.4 is 0 Å². The number of nitrogens with zero attached hydrogens (tertiary/aromatic N) is 3. The molecule has 4 nitrogen and oxygen atoms in total. The van der Waals surface area contributed by atoms with Crippen LogP contribution in [-0.4, -0.2) is 29.6 Å². The van der Waals surface area contributed by atoms with E-state index in [-0.39, 0.29) is 5.66 Å². The van der Waals surface area contributed by atoms with Gasteiger partial charge in [0, 0.05) is 38.8 Å². The van der Waals surface area contributed by atoms with Gasteiger partial charge in [-0.2, -0.15) is 10.2 Å². The molecular formula is C19H29N3O. The largest absolute Gasteiger partial charge is 0.342 e. The zero-order chi connectivity index (χ0) is 16.2. The molecule has 0 aromatic carbocycles. The molecule has 2 fully saturated rings. The number of likely N-dealkylation sites (tertiary alicyclic amines) is 1. The molecule has 1 saturated heterocycles. The first-order valence-corrected chi connectivity index (χ1v) is 9.32. The Kier molecular flexibility index (Phi) is 5.04. The summed E-state index contributed by atoms with van der Waals surface area (Å²) in [6.07, 6.45) is 18.6. The van der Waals surface area contributed by atoms with E-state index >= 15 is 0 Å². The quantitative estimate of drug-likeness (QED) is 0.697. The van der Waals surface area contributed by atoms with Gasteiger partial charge in [-0.05, 0) is 31.1 Å². The van der Waals surface area contributed by atoms with Gasteiger partial charge in [-0.25, -0.2) is 0 Å². The molecule has 1 aliphatic carbocycles. The molecule has 4 heteroatoms. The van der Waals surface area contributed by atoms with Gasteiger partial charge in [-0.15, -0.1) is 12.3 Å². The summed E-state index contributed by atoms with van der Waals surface area (Å²) in [5.41, 5.74) is 0.0950. The van der Waals surface area contributed by atoms with Crippen LogP contribution in [0.15, 0.2) is 10.2 Å². The second kappa shape index (κ2) is 7.03. The van der Waals surface area contributed by atoms with Gasteiger partial charge in [0.1, 0.15) is 0 Å². The van der Waals surface area contributed by atoms with Crippen molar-refractivity contribution in [2.75, 3.05) is 13.1 Å². The molecule has 0 unspecified atom stereocenters. The summed E-state index contributed by atoms with van der Waals surface area (Å²) < 4.78 is 0. The molecule has 0 N–H and O–H groups in total. The van der Waals surface area contributed by atoms with Crippen molar-refractivity contribution in [1.29, 1.82) is 0 Å². The maximum absolute atomic E-state index is 12.7. The monoisotopic (exact) mass is 315 g/mol. The van der Waals surface area contributed by atoms with E-state index < -0.39 is 0 Å². The van der Waals surface area contributed by atoms with Crippen LogP contribution in [0.4, 0.5) is 0 Å². The first-order valence-electron chi connectivity index (χ1n) is 9.32. The van der Waals surface area contributed by atoms with Gasteiger partial charge in [0.25, 0.3) is 0 Å². The predicted molar refractivity (Wildman–Crippen MR) is 90.8 cm³/mol. The summed E-state index contributed by atoms with van der Waals surface area (Å²) in [5, 5.41) is 8.29. The summed E-state index contributed by atoms with van der Waals surface area (Å²) in [7, 11) is 0. The normalized spacial score (nSPS) is 24.9. The summed E-state index contributed by atoms with van der Waals surface area (Å²) in [6, 6.07) is 0. The maximum Gasteiger partial charge on any atom is 0.222 e. The molecule has 0 radical (unpaired) electrons. The number of piperidine rings is 1. The van der Waals surface area contributed by atoms with Crippen LogP contribution in [0.5, 0.6) is 0 Å². The lowest BCUT2D eigenvalue weighted by Crippen LogP contribution is -2.46. The van der Waals surface area contributed by atoms with Gasteiger partial charge in [0.2, 0.25) is 5.91 Å². The van der Waals surface area contributed by atoms with Crippen LogP contribution in [-0.2, 0) is 4.79 Å². The molecule has 1 saturated carbocycles. The fraction of sp³-hybridized carbons (Fsp3) is 0.842. The van der Waals surface area contributed by atoms with Crippen molar-refractivity contribution < 1.29 is 4.79 Å². The van der Waals surface area contributed by atoms with E-state index in [1.54, 1.807) is 0 Å². The van der Waals surface area contributed by atoms with Gasteiger partial charge in [-0.1, -0.05) is 25.7 Å². The fourth-order valence-electron chi connectivity index (χ4n) is 4.44. The molecule has 1 spiro atoms. The number of hydrogen-bond donors (Lipinski definition) is 0. The average Bonchev–Trinajstić information content (AvgIpc) is 3.37. The summed E-state index contributed by atoms with van der Waals surface area (Å²) >= 11 is 0. The third-order valence-electron chi connectivity index (χ3n) is 5.97. The lowest BCUT2D eigenvalue weighted by atomic mass is 9.74. The van der Waals surface area contributed by atoms with Crippen LogP contribution in [0.25, 0.3) is 0 Å². The lowest BCUT2D eigenvalue weighted by Gasteiger charge is -2.43. The molecule has 126 valence electrons. The minimum Gasteiger partial charge on any atom is -0.342 e. The maximum atomic E-state index is 12.7. The molecule has 0 aromatic rings. The first kappa shape index (κ1) is 16.5. The Balaban J connectivity index is 1.50. The van der Waals surface area contributed by atoms with E-state index in [2.05, 4.69) is 21.0 Å². The third-order valence-corrected chi connectivity index (χ3v) is 5.97.